The van der Waals surface area contributed by atoms with Gasteiger partial charge in [0.25, 0.3) is 0 Å². The molecule has 0 bridgehead atoms. The summed E-state index contributed by atoms with van der Waals surface area (Å²) in [6.45, 7) is 2.54. The van der Waals surface area contributed by atoms with Gasteiger partial charge < -0.3 is 10.1 Å². The van der Waals surface area contributed by atoms with Crippen molar-refractivity contribution in [3.05, 3.63) is 53.6 Å². The van der Waals surface area contributed by atoms with Gasteiger partial charge in [-0.3, -0.25) is 4.90 Å². The van der Waals surface area contributed by atoms with E-state index in [0.29, 0.717) is 23.0 Å². The lowest BCUT2D eigenvalue weighted by molar-refractivity contribution is 0.188. The minimum atomic E-state index is -0.184. The van der Waals surface area contributed by atoms with Crippen LogP contribution in [-0.2, 0) is 0 Å². The second-order valence-electron chi connectivity index (χ2n) is 5.17. The standard InChI is InChI=1S/C17H17ClN2O2/c1-2-14-11-20(15-10-12(18)8-9-16(15)22-14)17(21)19-13-6-4-3-5-7-13/h3-10,14H,2,11H2,1H3,(H,19,21). The minimum absolute atomic E-state index is 0.0183. The number of urea groups is 1. The lowest BCUT2D eigenvalue weighted by Crippen LogP contribution is -2.45. The highest BCUT2D eigenvalue weighted by Crippen LogP contribution is 2.36. The number of anilines is 2. The first-order chi connectivity index (χ1) is 10.7. The largest absolute Gasteiger partial charge is 0.486 e. The third kappa shape index (κ3) is 3.02. The van der Waals surface area contributed by atoms with Gasteiger partial charge >= 0.3 is 6.03 Å². The Kier molecular flexibility index (Phi) is 4.20. The quantitative estimate of drug-likeness (QED) is 0.883. The number of amides is 2. The van der Waals surface area contributed by atoms with Gasteiger partial charge in [-0.25, -0.2) is 4.79 Å². The molecular formula is C17H17ClN2O2. The number of carbonyl (C=O) groups excluding carboxylic acids is 1. The van der Waals surface area contributed by atoms with Gasteiger partial charge in [-0.15, -0.1) is 0 Å². The summed E-state index contributed by atoms with van der Waals surface area (Å²) >= 11 is 6.06. The van der Waals surface area contributed by atoms with Crippen molar-refractivity contribution < 1.29 is 9.53 Å². The average Bonchev–Trinajstić information content (AvgIpc) is 2.54. The first-order valence-electron chi connectivity index (χ1n) is 7.27. The Morgan fingerprint density at radius 3 is 2.82 bits per heavy atom. The van der Waals surface area contributed by atoms with Gasteiger partial charge in [0, 0.05) is 10.7 Å². The molecule has 0 fully saturated rings. The molecule has 1 N–H and O–H groups in total. The van der Waals surface area contributed by atoms with E-state index in [4.69, 9.17) is 16.3 Å². The van der Waals surface area contributed by atoms with Gasteiger partial charge in [-0.1, -0.05) is 36.7 Å². The molecule has 114 valence electrons. The molecule has 0 aromatic heterocycles. The topological polar surface area (TPSA) is 41.6 Å². The number of fused-ring (bicyclic) bond motifs is 1. The van der Waals surface area contributed by atoms with Gasteiger partial charge in [-0.2, -0.15) is 0 Å². The second kappa shape index (κ2) is 6.28. The predicted molar refractivity (Wildman–Crippen MR) is 89.0 cm³/mol. The maximum atomic E-state index is 12.6. The number of para-hydroxylation sites is 1. The van der Waals surface area contributed by atoms with Crippen molar-refractivity contribution >= 4 is 29.0 Å². The first kappa shape index (κ1) is 14.7. The molecule has 1 heterocycles. The summed E-state index contributed by atoms with van der Waals surface area (Å²) in [5.74, 6) is 0.686. The number of benzene rings is 2. The SMILES string of the molecule is CCC1CN(C(=O)Nc2ccccc2)c2cc(Cl)ccc2O1. The van der Waals surface area contributed by atoms with E-state index < -0.39 is 0 Å². The molecular weight excluding hydrogens is 300 g/mol. The Morgan fingerprint density at radius 2 is 2.09 bits per heavy atom. The molecule has 3 rings (SSSR count). The monoisotopic (exact) mass is 316 g/mol. The van der Waals surface area contributed by atoms with Crippen molar-refractivity contribution in [2.24, 2.45) is 0 Å². The number of hydrogen-bond donors (Lipinski definition) is 1. The van der Waals surface area contributed by atoms with E-state index in [2.05, 4.69) is 5.32 Å². The summed E-state index contributed by atoms with van der Waals surface area (Å²) in [6, 6.07) is 14.5. The van der Waals surface area contributed by atoms with Gasteiger partial charge in [0.2, 0.25) is 0 Å². The highest BCUT2D eigenvalue weighted by Gasteiger charge is 2.29. The number of hydrogen-bond acceptors (Lipinski definition) is 2. The molecule has 22 heavy (non-hydrogen) atoms. The van der Waals surface area contributed by atoms with Crippen LogP contribution in [0.3, 0.4) is 0 Å². The van der Waals surface area contributed by atoms with Crippen LogP contribution in [0.5, 0.6) is 5.75 Å². The van der Waals surface area contributed by atoms with Crippen molar-refractivity contribution in [1.82, 2.24) is 0 Å². The molecule has 0 saturated heterocycles. The molecule has 1 aliphatic rings. The fourth-order valence-corrected chi connectivity index (χ4v) is 2.60. The third-order valence-corrected chi connectivity index (χ3v) is 3.85. The zero-order valence-electron chi connectivity index (χ0n) is 12.3. The number of nitrogens with zero attached hydrogens (tertiary/aromatic N) is 1. The van der Waals surface area contributed by atoms with Crippen molar-refractivity contribution in [2.75, 3.05) is 16.8 Å². The predicted octanol–water partition coefficient (Wildman–Crippen LogP) is 4.55. The highest BCUT2D eigenvalue weighted by atomic mass is 35.5. The lowest BCUT2D eigenvalue weighted by atomic mass is 10.1. The molecule has 2 amide bonds. The minimum Gasteiger partial charge on any atom is -0.486 e. The van der Waals surface area contributed by atoms with Crippen LogP contribution in [0.4, 0.5) is 16.2 Å². The van der Waals surface area contributed by atoms with E-state index in [-0.39, 0.29) is 12.1 Å². The van der Waals surface area contributed by atoms with E-state index in [1.165, 1.54) is 0 Å². The van der Waals surface area contributed by atoms with Crippen molar-refractivity contribution in [1.29, 1.82) is 0 Å². The fraction of sp³-hybridized carbons (Fsp3) is 0.235. The molecule has 4 nitrogen and oxygen atoms in total. The fourth-order valence-electron chi connectivity index (χ4n) is 2.44. The summed E-state index contributed by atoms with van der Waals surface area (Å²) in [6.07, 6.45) is 0.812. The second-order valence-corrected chi connectivity index (χ2v) is 5.60. The number of halogens is 1. The summed E-state index contributed by atoms with van der Waals surface area (Å²) in [5.41, 5.74) is 1.46. The van der Waals surface area contributed by atoms with Gasteiger partial charge in [0.05, 0.1) is 12.2 Å². The van der Waals surface area contributed by atoms with Crippen LogP contribution in [-0.4, -0.2) is 18.7 Å². The van der Waals surface area contributed by atoms with Crippen LogP contribution in [0, 0.1) is 0 Å². The Labute approximate surface area is 134 Å². The number of ether oxygens (including phenoxy) is 1. The van der Waals surface area contributed by atoms with Gasteiger partial charge in [0.1, 0.15) is 11.9 Å². The zero-order chi connectivity index (χ0) is 15.5. The zero-order valence-corrected chi connectivity index (χ0v) is 13.0. The summed E-state index contributed by atoms with van der Waals surface area (Å²) in [7, 11) is 0. The van der Waals surface area contributed by atoms with Gasteiger partial charge in [0.15, 0.2) is 0 Å². The van der Waals surface area contributed by atoms with E-state index in [1.807, 2.05) is 43.3 Å². The maximum absolute atomic E-state index is 12.6. The van der Waals surface area contributed by atoms with Crippen LogP contribution in [0.15, 0.2) is 48.5 Å². The molecule has 0 spiro atoms. The van der Waals surface area contributed by atoms with Crippen molar-refractivity contribution in [3.8, 4) is 5.75 Å². The Morgan fingerprint density at radius 1 is 1.32 bits per heavy atom. The lowest BCUT2D eigenvalue weighted by Gasteiger charge is -2.34. The molecule has 1 unspecified atom stereocenters. The Balaban J connectivity index is 1.88. The van der Waals surface area contributed by atoms with E-state index in [0.717, 1.165) is 12.1 Å². The van der Waals surface area contributed by atoms with E-state index >= 15 is 0 Å². The van der Waals surface area contributed by atoms with Gasteiger partial charge in [-0.05, 0) is 36.8 Å². The van der Waals surface area contributed by atoms with Crippen LogP contribution in [0.25, 0.3) is 0 Å². The van der Waals surface area contributed by atoms with Crippen molar-refractivity contribution in [3.63, 3.8) is 0 Å². The molecule has 1 aliphatic heterocycles. The average molecular weight is 317 g/mol. The van der Waals surface area contributed by atoms with E-state index in [1.54, 1.807) is 17.0 Å². The van der Waals surface area contributed by atoms with Crippen molar-refractivity contribution in [2.45, 2.75) is 19.4 Å². The normalized spacial score (nSPS) is 16.6. The summed E-state index contributed by atoms with van der Waals surface area (Å²) in [4.78, 5) is 14.3. The summed E-state index contributed by atoms with van der Waals surface area (Å²) < 4.78 is 5.89. The maximum Gasteiger partial charge on any atom is 0.326 e. The molecule has 0 aliphatic carbocycles. The first-order valence-corrected chi connectivity index (χ1v) is 7.65. The van der Waals surface area contributed by atoms with E-state index in [9.17, 15) is 4.79 Å². The smallest absolute Gasteiger partial charge is 0.326 e. The molecule has 2 aromatic carbocycles. The van der Waals surface area contributed by atoms with Crippen LogP contribution >= 0.6 is 11.6 Å². The summed E-state index contributed by atoms with van der Waals surface area (Å²) in [5, 5.41) is 3.48. The Bertz CT molecular complexity index is 676. The number of nitrogens with one attached hydrogen (secondary N) is 1. The highest BCUT2D eigenvalue weighted by molar-refractivity contribution is 6.31. The van der Waals surface area contributed by atoms with Crippen LogP contribution < -0.4 is 15.0 Å². The number of rotatable bonds is 2. The molecule has 2 aromatic rings. The molecule has 1 atom stereocenters. The molecule has 0 radical (unpaired) electrons. The van der Waals surface area contributed by atoms with Crippen LogP contribution in [0.2, 0.25) is 5.02 Å². The molecule has 5 heteroatoms. The number of carbonyl (C=O) groups is 1. The van der Waals surface area contributed by atoms with Crippen LogP contribution in [0.1, 0.15) is 13.3 Å². The molecule has 0 saturated carbocycles. The third-order valence-electron chi connectivity index (χ3n) is 3.62. The Hall–Kier alpha value is -2.20.